The molecule has 2 fully saturated rings. The van der Waals surface area contributed by atoms with Crippen molar-refractivity contribution in [3.8, 4) is 0 Å². The van der Waals surface area contributed by atoms with Crippen molar-refractivity contribution >= 4 is 5.91 Å². The number of carbonyl (C=O) groups is 1. The Morgan fingerprint density at radius 3 is 2.67 bits per heavy atom. The topological polar surface area (TPSA) is 32.3 Å². The molecule has 1 unspecified atom stereocenters. The fraction of sp³-hybridized carbons (Fsp3) is 0.889. The van der Waals surface area contributed by atoms with Gasteiger partial charge in [-0.1, -0.05) is 0 Å². The Morgan fingerprint density at radius 1 is 1.42 bits per heavy atom. The van der Waals surface area contributed by atoms with E-state index in [2.05, 4.69) is 5.32 Å². The number of nitrogens with zero attached hydrogens (tertiary/aromatic N) is 1. The van der Waals surface area contributed by atoms with E-state index in [0.29, 0.717) is 11.9 Å². The van der Waals surface area contributed by atoms with Gasteiger partial charge in [-0.25, -0.2) is 0 Å². The lowest BCUT2D eigenvalue weighted by atomic mass is 10.1. The molecule has 1 saturated heterocycles. The first-order valence-corrected chi connectivity index (χ1v) is 4.76. The Balaban J connectivity index is 1.88. The lowest BCUT2D eigenvalue weighted by Gasteiger charge is -2.19. The third-order valence-corrected chi connectivity index (χ3v) is 2.85. The van der Waals surface area contributed by atoms with Gasteiger partial charge >= 0.3 is 0 Å². The third kappa shape index (κ3) is 1.46. The van der Waals surface area contributed by atoms with Crippen LogP contribution in [0.4, 0.5) is 0 Å². The molecule has 1 aliphatic heterocycles. The van der Waals surface area contributed by atoms with E-state index >= 15 is 0 Å². The van der Waals surface area contributed by atoms with Gasteiger partial charge in [-0.05, 0) is 25.8 Å². The van der Waals surface area contributed by atoms with Gasteiger partial charge in [-0.3, -0.25) is 4.79 Å². The minimum atomic E-state index is 0.260. The molecule has 1 atom stereocenters. The van der Waals surface area contributed by atoms with Crippen LogP contribution < -0.4 is 5.32 Å². The molecule has 0 bridgehead atoms. The van der Waals surface area contributed by atoms with Gasteiger partial charge in [0, 0.05) is 19.6 Å². The third-order valence-electron chi connectivity index (χ3n) is 2.85. The van der Waals surface area contributed by atoms with Crippen molar-refractivity contribution in [3.05, 3.63) is 0 Å². The van der Waals surface area contributed by atoms with Crippen LogP contribution in [0.5, 0.6) is 0 Å². The first kappa shape index (κ1) is 8.05. The highest BCUT2D eigenvalue weighted by molar-refractivity contribution is 5.79. The maximum absolute atomic E-state index is 11.7. The van der Waals surface area contributed by atoms with Gasteiger partial charge in [-0.15, -0.1) is 0 Å². The van der Waals surface area contributed by atoms with Crippen molar-refractivity contribution in [3.63, 3.8) is 0 Å². The molecule has 0 aromatic rings. The molecule has 0 aromatic heterocycles. The highest BCUT2D eigenvalue weighted by Crippen LogP contribution is 2.27. The Bertz CT molecular complexity index is 179. The Morgan fingerprint density at radius 2 is 2.17 bits per heavy atom. The molecule has 0 spiro atoms. The van der Waals surface area contributed by atoms with Gasteiger partial charge in [0.25, 0.3) is 0 Å². The normalized spacial score (nSPS) is 28.9. The van der Waals surface area contributed by atoms with E-state index in [-0.39, 0.29) is 5.92 Å². The molecule has 68 valence electrons. The van der Waals surface area contributed by atoms with E-state index in [9.17, 15) is 4.79 Å². The summed E-state index contributed by atoms with van der Waals surface area (Å²) in [6.07, 6.45) is 3.45. The summed E-state index contributed by atoms with van der Waals surface area (Å²) in [5.41, 5.74) is 0. The minimum absolute atomic E-state index is 0.260. The van der Waals surface area contributed by atoms with Crippen molar-refractivity contribution in [1.29, 1.82) is 0 Å². The van der Waals surface area contributed by atoms with Crippen LogP contribution in [-0.4, -0.2) is 37.0 Å². The summed E-state index contributed by atoms with van der Waals surface area (Å²) >= 11 is 0. The van der Waals surface area contributed by atoms with Crippen LogP contribution in [0.2, 0.25) is 0 Å². The summed E-state index contributed by atoms with van der Waals surface area (Å²) in [7, 11) is 1.94. The van der Waals surface area contributed by atoms with Gasteiger partial charge in [0.1, 0.15) is 0 Å². The second kappa shape index (κ2) is 3.05. The van der Waals surface area contributed by atoms with Gasteiger partial charge in [0.15, 0.2) is 0 Å². The van der Waals surface area contributed by atoms with Crippen LogP contribution in [0.25, 0.3) is 0 Å². The fourth-order valence-electron chi connectivity index (χ4n) is 1.80. The summed E-state index contributed by atoms with van der Waals surface area (Å²) in [5.74, 6) is 0.609. The number of amides is 1. The van der Waals surface area contributed by atoms with Gasteiger partial charge in [-0.2, -0.15) is 0 Å². The van der Waals surface area contributed by atoms with Crippen molar-refractivity contribution in [1.82, 2.24) is 10.2 Å². The maximum atomic E-state index is 11.7. The SMILES string of the molecule is CN(C(=O)C1CCNC1)C1CC1. The van der Waals surface area contributed by atoms with E-state index in [0.717, 1.165) is 19.5 Å². The Kier molecular flexibility index (Phi) is 2.05. The number of nitrogens with one attached hydrogen (secondary N) is 1. The summed E-state index contributed by atoms with van der Waals surface area (Å²) in [6.45, 7) is 1.89. The molecule has 1 N–H and O–H groups in total. The van der Waals surface area contributed by atoms with Crippen molar-refractivity contribution in [2.24, 2.45) is 5.92 Å². The molecule has 1 saturated carbocycles. The molecule has 12 heavy (non-hydrogen) atoms. The maximum Gasteiger partial charge on any atom is 0.227 e. The first-order valence-electron chi connectivity index (χ1n) is 4.76. The monoisotopic (exact) mass is 168 g/mol. The van der Waals surface area contributed by atoms with E-state index < -0.39 is 0 Å². The Hall–Kier alpha value is -0.570. The summed E-state index contributed by atoms with van der Waals surface area (Å²) in [5, 5.41) is 3.22. The zero-order valence-corrected chi connectivity index (χ0v) is 7.55. The molecule has 1 aliphatic carbocycles. The van der Waals surface area contributed by atoms with E-state index in [1.54, 1.807) is 0 Å². The second-order valence-corrected chi connectivity index (χ2v) is 3.87. The number of hydrogen-bond donors (Lipinski definition) is 1. The lowest BCUT2D eigenvalue weighted by Crippen LogP contribution is -2.35. The number of rotatable bonds is 2. The second-order valence-electron chi connectivity index (χ2n) is 3.87. The molecule has 2 rings (SSSR count). The van der Waals surface area contributed by atoms with E-state index in [1.165, 1.54) is 12.8 Å². The molecule has 0 aromatic carbocycles. The Labute approximate surface area is 73.1 Å². The molecule has 3 heteroatoms. The average Bonchev–Trinajstić information content (AvgIpc) is 2.79. The van der Waals surface area contributed by atoms with Crippen molar-refractivity contribution in [2.75, 3.05) is 20.1 Å². The first-order chi connectivity index (χ1) is 5.79. The van der Waals surface area contributed by atoms with E-state index in [1.807, 2.05) is 11.9 Å². The molecular weight excluding hydrogens is 152 g/mol. The average molecular weight is 168 g/mol. The zero-order valence-electron chi connectivity index (χ0n) is 7.55. The molecule has 2 aliphatic rings. The summed E-state index contributed by atoms with van der Waals surface area (Å²) in [6, 6.07) is 0.568. The number of hydrogen-bond acceptors (Lipinski definition) is 2. The van der Waals surface area contributed by atoms with Crippen molar-refractivity contribution in [2.45, 2.75) is 25.3 Å². The van der Waals surface area contributed by atoms with Gasteiger partial charge in [0.2, 0.25) is 5.91 Å². The molecule has 3 nitrogen and oxygen atoms in total. The minimum Gasteiger partial charge on any atom is -0.342 e. The van der Waals surface area contributed by atoms with Crippen LogP contribution in [-0.2, 0) is 4.79 Å². The summed E-state index contributed by atoms with van der Waals surface area (Å²) < 4.78 is 0. The predicted molar refractivity (Wildman–Crippen MR) is 46.8 cm³/mol. The molecule has 1 amide bonds. The van der Waals surface area contributed by atoms with E-state index in [4.69, 9.17) is 0 Å². The standard InChI is InChI=1S/C9H16N2O/c1-11(8-2-3-8)9(12)7-4-5-10-6-7/h7-8,10H,2-6H2,1H3. The van der Waals surface area contributed by atoms with Crippen LogP contribution in [0, 0.1) is 5.92 Å². The highest BCUT2D eigenvalue weighted by atomic mass is 16.2. The van der Waals surface area contributed by atoms with Crippen LogP contribution in [0.3, 0.4) is 0 Å². The van der Waals surface area contributed by atoms with Crippen LogP contribution in [0.15, 0.2) is 0 Å². The smallest absolute Gasteiger partial charge is 0.227 e. The summed E-state index contributed by atoms with van der Waals surface area (Å²) in [4.78, 5) is 13.7. The molecule has 0 radical (unpaired) electrons. The van der Waals surface area contributed by atoms with Crippen molar-refractivity contribution < 1.29 is 4.79 Å². The van der Waals surface area contributed by atoms with Crippen LogP contribution >= 0.6 is 0 Å². The largest absolute Gasteiger partial charge is 0.342 e. The van der Waals surface area contributed by atoms with Crippen LogP contribution in [0.1, 0.15) is 19.3 Å². The predicted octanol–water partition coefficient (Wildman–Crippen LogP) is 0.217. The number of carbonyl (C=O) groups excluding carboxylic acids is 1. The van der Waals surface area contributed by atoms with Gasteiger partial charge < -0.3 is 10.2 Å². The quantitative estimate of drug-likeness (QED) is 0.639. The van der Waals surface area contributed by atoms with Gasteiger partial charge in [0.05, 0.1) is 5.92 Å². The molecular formula is C9H16N2O. The molecule has 1 heterocycles. The fourth-order valence-corrected chi connectivity index (χ4v) is 1.80. The highest BCUT2D eigenvalue weighted by Gasteiger charge is 2.33. The lowest BCUT2D eigenvalue weighted by molar-refractivity contribution is -0.134. The zero-order chi connectivity index (χ0) is 8.55.